The molecule has 0 amide bonds. The summed E-state index contributed by atoms with van der Waals surface area (Å²) in [4.78, 5) is 0. The van der Waals surface area contributed by atoms with Gasteiger partial charge < -0.3 is 0 Å². The van der Waals surface area contributed by atoms with Crippen molar-refractivity contribution in [2.75, 3.05) is 0 Å². The normalized spacial score (nSPS) is 11.7. The number of hydrogen-bond donors (Lipinski definition) is 0. The van der Waals surface area contributed by atoms with Crippen molar-refractivity contribution >= 4 is 55.2 Å². The van der Waals surface area contributed by atoms with Crippen molar-refractivity contribution in [3.8, 4) is 0 Å². The quantitative estimate of drug-likeness (QED) is 0.662. The highest BCUT2D eigenvalue weighted by molar-refractivity contribution is 14.1. The van der Waals surface area contributed by atoms with Gasteiger partial charge in [-0.3, -0.25) is 0 Å². The maximum Gasteiger partial charge on any atom is 0.0538 e. The molecule has 1 rings (SSSR count). The lowest BCUT2D eigenvalue weighted by Gasteiger charge is -1.96. The summed E-state index contributed by atoms with van der Waals surface area (Å²) < 4.78 is 2.92. The van der Waals surface area contributed by atoms with Gasteiger partial charge in [0, 0.05) is 4.47 Å². The van der Waals surface area contributed by atoms with E-state index in [1.165, 1.54) is 0 Å². The number of halogens is 3. The summed E-state index contributed by atoms with van der Waals surface area (Å²) >= 11 is 11.4. The predicted octanol–water partition coefficient (Wildman–Crippen LogP) is 4.42. The Hall–Kier alpha value is 0.460. The Morgan fingerprint density at radius 2 is 1.91 bits per heavy atom. The maximum absolute atomic E-state index is 5.88. The zero-order chi connectivity index (χ0) is 8.27. The largest absolute Gasteiger partial charge is 0.0832 e. The van der Waals surface area contributed by atoms with Crippen molar-refractivity contribution < 1.29 is 0 Å². The van der Waals surface area contributed by atoms with Gasteiger partial charge in [0.15, 0.2) is 0 Å². The average Bonchev–Trinajstić information content (AvgIpc) is 2.05. The van der Waals surface area contributed by atoms with Crippen LogP contribution in [0.15, 0.2) is 32.8 Å². The first-order valence-electron chi connectivity index (χ1n) is 2.96. The van der Waals surface area contributed by atoms with Crippen molar-refractivity contribution in [1.29, 1.82) is 0 Å². The second kappa shape index (κ2) is 4.48. The predicted molar refractivity (Wildman–Crippen MR) is 62.0 cm³/mol. The lowest BCUT2D eigenvalue weighted by Crippen LogP contribution is -1.73. The molecule has 11 heavy (non-hydrogen) atoms. The Morgan fingerprint density at radius 1 is 1.36 bits per heavy atom. The highest BCUT2D eigenvalue weighted by Gasteiger charge is 1.94. The van der Waals surface area contributed by atoms with Crippen LogP contribution in [0.2, 0.25) is 0 Å². The van der Waals surface area contributed by atoms with Gasteiger partial charge in [0.1, 0.15) is 0 Å². The molecule has 0 nitrogen and oxygen atoms in total. The summed E-state index contributed by atoms with van der Waals surface area (Å²) in [7, 11) is 0. The minimum Gasteiger partial charge on any atom is -0.0832 e. The monoisotopic (exact) mass is 342 g/mol. The van der Waals surface area contributed by atoms with Gasteiger partial charge in [0.25, 0.3) is 0 Å². The van der Waals surface area contributed by atoms with E-state index in [1.54, 1.807) is 0 Å². The molecule has 0 atom stereocenters. The van der Waals surface area contributed by atoms with Crippen molar-refractivity contribution in [3.05, 3.63) is 38.4 Å². The molecule has 0 saturated heterocycles. The zero-order valence-electron chi connectivity index (χ0n) is 5.52. The third-order valence-corrected chi connectivity index (χ3v) is 3.06. The lowest BCUT2D eigenvalue weighted by atomic mass is 10.2. The molecule has 0 unspecified atom stereocenters. The van der Waals surface area contributed by atoms with E-state index in [2.05, 4.69) is 38.5 Å². The number of hydrogen-bond acceptors (Lipinski definition) is 0. The molecule has 0 aliphatic carbocycles. The smallest absolute Gasteiger partial charge is 0.0538 e. The van der Waals surface area contributed by atoms with Crippen molar-refractivity contribution in [3.63, 3.8) is 0 Å². The van der Waals surface area contributed by atoms with E-state index in [1.807, 2.05) is 28.3 Å². The van der Waals surface area contributed by atoms with E-state index in [0.717, 1.165) is 15.1 Å². The Morgan fingerprint density at radius 3 is 2.36 bits per heavy atom. The molecular weight excluding hydrogens is 338 g/mol. The van der Waals surface area contributed by atoms with Crippen LogP contribution < -0.4 is 0 Å². The van der Waals surface area contributed by atoms with Gasteiger partial charge in [-0.15, -0.1) is 0 Å². The first-order valence-corrected chi connectivity index (χ1v) is 5.37. The van der Waals surface area contributed by atoms with E-state index in [9.17, 15) is 0 Å². The highest BCUT2D eigenvalue weighted by Crippen LogP contribution is 2.21. The van der Waals surface area contributed by atoms with Crippen LogP contribution in [0, 0.1) is 0 Å². The fourth-order valence-corrected chi connectivity index (χ4v) is 1.42. The van der Waals surface area contributed by atoms with Crippen LogP contribution >= 0.6 is 50.1 Å². The molecule has 1 aromatic rings. The minimum absolute atomic E-state index is 0.776. The summed E-state index contributed by atoms with van der Waals surface area (Å²) in [6.45, 7) is 0. The third kappa shape index (κ3) is 2.76. The molecule has 0 spiro atoms. The van der Waals surface area contributed by atoms with Crippen molar-refractivity contribution in [2.45, 2.75) is 0 Å². The first-order chi connectivity index (χ1) is 5.24. The van der Waals surface area contributed by atoms with E-state index < -0.39 is 0 Å². The zero-order valence-corrected chi connectivity index (χ0v) is 10.0. The summed E-state index contributed by atoms with van der Waals surface area (Å²) in [5, 5.41) is 0.776. The molecule has 0 N–H and O–H groups in total. The molecule has 3 heteroatoms. The van der Waals surface area contributed by atoms with Gasteiger partial charge in [0.2, 0.25) is 0 Å². The Balaban J connectivity index is 2.99. The van der Waals surface area contributed by atoms with Crippen LogP contribution in [-0.2, 0) is 0 Å². The van der Waals surface area contributed by atoms with E-state index in [-0.39, 0.29) is 0 Å². The van der Waals surface area contributed by atoms with Crippen LogP contribution in [0.5, 0.6) is 0 Å². The van der Waals surface area contributed by atoms with Crippen LogP contribution in [0.4, 0.5) is 0 Å². The molecule has 58 valence electrons. The minimum atomic E-state index is 0.776. The van der Waals surface area contributed by atoms with Crippen LogP contribution in [0.25, 0.3) is 5.03 Å². The van der Waals surface area contributed by atoms with E-state index in [0.29, 0.717) is 0 Å². The second-order valence-corrected chi connectivity index (χ2v) is 3.91. The third-order valence-electron chi connectivity index (χ3n) is 1.22. The summed E-state index contributed by atoms with van der Waals surface area (Å²) in [5.41, 5.74) is 1.05. The SMILES string of the molecule is Cl/C(=C/I)c1ccc(Br)cc1. The maximum atomic E-state index is 5.88. The van der Waals surface area contributed by atoms with Crippen molar-refractivity contribution in [1.82, 2.24) is 0 Å². The Kier molecular flexibility index (Phi) is 3.89. The summed E-state index contributed by atoms with van der Waals surface area (Å²) in [6, 6.07) is 7.89. The van der Waals surface area contributed by atoms with Crippen molar-refractivity contribution in [2.24, 2.45) is 0 Å². The fraction of sp³-hybridized carbons (Fsp3) is 0. The van der Waals surface area contributed by atoms with Gasteiger partial charge >= 0.3 is 0 Å². The van der Waals surface area contributed by atoms with E-state index in [4.69, 9.17) is 11.6 Å². The molecule has 0 radical (unpaired) electrons. The topological polar surface area (TPSA) is 0 Å². The fourth-order valence-electron chi connectivity index (χ4n) is 0.672. The number of rotatable bonds is 1. The van der Waals surface area contributed by atoms with Gasteiger partial charge in [-0.2, -0.15) is 0 Å². The Bertz CT molecular complexity index is 266. The van der Waals surface area contributed by atoms with Gasteiger partial charge in [-0.05, 0) is 21.8 Å². The van der Waals surface area contributed by atoms with Crippen LogP contribution in [0.1, 0.15) is 5.56 Å². The first kappa shape index (κ1) is 9.55. The molecule has 0 aliphatic heterocycles. The van der Waals surface area contributed by atoms with Gasteiger partial charge in [-0.1, -0.05) is 62.3 Å². The average molecular weight is 343 g/mol. The van der Waals surface area contributed by atoms with Crippen LogP contribution in [-0.4, -0.2) is 0 Å². The van der Waals surface area contributed by atoms with Gasteiger partial charge in [-0.25, -0.2) is 0 Å². The summed E-state index contributed by atoms with van der Waals surface area (Å²) in [6.07, 6.45) is 0. The molecule has 0 bridgehead atoms. The summed E-state index contributed by atoms with van der Waals surface area (Å²) in [5.74, 6) is 0. The highest BCUT2D eigenvalue weighted by atomic mass is 127. The second-order valence-electron chi connectivity index (χ2n) is 1.96. The van der Waals surface area contributed by atoms with Gasteiger partial charge in [0.05, 0.1) is 5.03 Å². The lowest BCUT2D eigenvalue weighted by molar-refractivity contribution is 1.61. The molecule has 1 aromatic carbocycles. The Labute approximate surface area is 92.9 Å². The molecule has 0 saturated carbocycles. The van der Waals surface area contributed by atoms with E-state index >= 15 is 0 Å². The molecular formula is C8H5BrClI. The molecule has 0 aromatic heterocycles. The molecule has 0 aliphatic rings. The molecule has 0 fully saturated rings. The molecule has 0 heterocycles. The standard InChI is InChI=1S/C8H5BrClI/c9-7-3-1-6(2-4-7)8(10)5-11/h1-5H/b8-5+. The number of benzene rings is 1. The van der Waals surface area contributed by atoms with Crippen LogP contribution in [0.3, 0.4) is 0 Å².